The van der Waals surface area contributed by atoms with Crippen molar-refractivity contribution in [1.82, 2.24) is 19.8 Å². The summed E-state index contributed by atoms with van der Waals surface area (Å²) in [4.78, 5) is 19.1. The molecule has 8 nitrogen and oxygen atoms in total. The lowest BCUT2D eigenvalue weighted by atomic mass is 10.1. The number of carbonyl (C=O) groups is 1. The van der Waals surface area contributed by atoms with Gasteiger partial charge >= 0.3 is 0 Å². The molecule has 2 heterocycles. The smallest absolute Gasteiger partial charge is 0.274 e. The van der Waals surface area contributed by atoms with Crippen LogP contribution in [0.4, 0.5) is 0 Å². The summed E-state index contributed by atoms with van der Waals surface area (Å²) >= 11 is 0. The third-order valence-corrected chi connectivity index (χ3v) is 5.04. The number of methoxy groups -OCH3 is 1. The first-order chi connectivity index (χ1) is 13.6. The van der Waals surface area contributed by atoms with Gasteiger partial charge in [-0.3, -0.25) is 9.36 Å². The van der Waals surface area contributed by atoms with Crippen LogP contribution in [-0.2, 0) is 6.54 Å². The highest BCUT2D eigenvalue weighted by atomic mass is 16.5. The average molecular weight is 382 g/mol. The molecule has 8 heteroatoms. The van der Waals surface area contributed by atoms with Crippen LogP contribution in [0.25, 0.3) is 11.4 Å². The topological polar surface area (TPSA) is 95.6 Å². The van der Waals surface area contributed by atoms with Gasteiger partial charge in [0.05, 0.1) is 36.4 Å². The molecule has 0 spiro atoms. The van der Waals surface area contributed by atoms with Gasteiger partial charge < -0.3 is 15.0 Å². The van der Waals surface area contributed by atoms with Crippen LogP contribution in [0.3, 0.4) is 0 Å². The second-order valence-electron chi connectivity index (χ2n) is 6.41. The molecular weight excluding hydrogens is 356 g/mol. The molecule has 1 aromatic heterocycles. The van der Waals surface area contributed by atoms with Gasteiger partial charge in [0.15, 0.2) is 5.69 Å². The van der Waals surface area contributed by atoms with E-state index in [1.54, 1.807) is 18.3 Å². The number of hydrogen-bond donors (Lipinski definition) is 2. The molecule has 0 aliphatic carbocycles. The number of nitrogens with one attached hydrogen (secondary N) is 2. The Balaban J connectivity index is 2.21. The zero-order chi connectivity index (χ0) is 20.3. The minimum Gasteiger partial charge on any atom is -0.497 e. The minimum atomic E-state index is -0.0797. The van der Waals surface area contributed by atoms with Crippen molar-refractivity contribution in [3.63, 3.8) is 0 Å². The molecule has 0 radical (unpaired) electrons. The van der Waals surface area contributed by atoms with Gasteiger partial charge in [-0.25, -0.2) is 10.5 Å². The van der Waals surface area contributed by atoms with Crippen molar-refractivity contribution < 1.29 is 9.53 Å². The van der Waals surface area contributed by atoms with Crippen LogP contribution in [0.15, 0.2) is 35.3 Å². The average Bonchev–Trinajstić information content (AvgIpc) is 3.08. The lowest BCUT2D eigenvalue weighted by molar-refractivity contribution is 0.0766. The van der Waals surface area contributed by atoms with E-state index in [1.807, 2.05) is 43.5 Å². The highest BCUT2D eigenvalue weighted by Gasteiger charge is 2.27. The van der Waals surface area contributed by atoms with Crippen molar-refractivity contribution in [1.29, 1.82) is 5.53 Å². The first kappa shape index (κ1) is 19.6. The number of fused-ring (bicyclic) bond motifs is 3. The lowest BCUT2D eigenvalue weighted by Crippen LogP contribution is -2.32. The summed E-state index contributed by atoms with van der Waals surface area (Å²) in [5.41, 5.74) is 12.0. The van der Waals surface area contributed by atoms with E-state index in [4.69, 9.17) is 10.3 Å². The third kappa shape index (κ3) is 3.26. The Morgan fingerprint density at radius 2 is 2.11 bits per heavy atom. The van der Waals surface area contributed by atoms with E-state index in [9.17, 15) is 4.79 Å². The van der Waals surface area contributed by atoms with Crippen molar-refractivity contribution in [3.05, 3.63) is 47.2 Å². The highest BCUT2D eigenvalue weighted by molar-refractivity contribution is 5.94. The zero-order valence-electron chi connectivity index (χ0n) is 16.7. The van der Waals surface area contributed by atoms with Crippen LogP contribution in [0.5, 0.6) is 5.75 Å². The molecule has 0 saturated carbocycles. The van der Waals surface area contributed by atoms with E-state index in [1.165, 1.54) is 0 Å². The minimum absolute atomic E-state index is 0.0797. The molecule has 148 valence electrons. The fourth-order valence-electron chi connectivity index (χ4n) is 3.48. The van der Waals surface area contributed by atoms with E-state index in [2.05, 4.69) is 15.4 Å². The third-order valence-electron chi connectivity index (χ3n) is 5.04. The molecule has 0 fully saturated rings. The predicted octanol–water partition coefficient (Wildman–Crippen LogP) is 3.58. The molecule has 1 amide bonds. The van der Waals surface area contributed by atoms with Crippen LogP contribution in [-0.4, -0.2) is 40.6 Å². The van der Waals surface area contributed by atoms with E-state index >= 15 is 0 Å². The number of hydrogen-bond acceptors (Lipinski definition) is 6. The molecule has 2 aromatic rings. The molecule has 28 heavy (non-hydrogen) atoms. The van der Waals surface area contributed by atoms with E-state index in [0.717, 1.165) is 22.6 Å². The number of aromatic nitrogens is 2. The number of allylic oxidation sites excluding steroid dienone is 1. The summed E-state index contributed by atoms with van der Waals surface area (Å²) < 4.78 is 7.33. The van der Waals surface area contributed by atoms with Gasteiger partial charge in [0.25, 0.3) is 5.91 Å². The Kier molecular flexibility index (Phi) is 5.77. The molecule has 1 aromatic carbocycles. The number of benzene rings is 1. The molecule has 1 aliphatic heterocycles. The van der Waals surface area contributed by atoms with Gasteiger partial charge in [-0.05, 0) is 38.5 Å². The summed E-state index contributed by atoms with van der Waals surface area (Å²) in [6.45, 7) is 7.55. The molecule has 0 bridgehead atoms. The van der Waals surface area contributed by atoms with E-state index < -0.39 is 0 Å². The van der Waals surface area contributed by atoms with Gasteiger partial charge in [0.1, 0.15) is 12.1 Å². The van der Waals surface area contributed by atoms with Crippen LogP contribution in [0.1, 0.15) is 48.9 Å². The van der Waals surface area contributed by atoms with Crippen LogP contribution in [0, 0.1) is 5.53 Å². The van der Waals surface area contributed by atoms with Gasteiger partial charge in [-0.1, -0.05) is 6.92 Å². The predicted molar refractivity (Wildman–Crippen MR) is 107 cm³/mol. The number of ether oxygens (including phenoxy) is 1. The van der Waals surface area contributed by atoms with Crippen molar-refractivity contribution in [2.45, 2.75) is 33.7 Å². The quantitative estimate of drug-likeness (QED) is 0.747. The van der Waals surface area contributed by atoms with Gasteiger partial charge in [-0.2, -0.15) is 5.11 Å². The SMILES string of the molecule is CC/C(N=N)=C1/NCc2c(C(=O)N(CC)CC)ncn2-c2ccc(OC)cc21. The molecule has 2 N–H and O–H groups in total. The zero-order valence-corrected chi connectivity index (χ0v) is 16.7. The van der Waals surface area contributed by atoms with Crippen molar-refractivity contribution in [2.24, 2.45) is 5.11 Å². The maximum atomic E-state index is 12.9. The molecule has 0 atom stereocenters. The second kappa shape index (κ2) is 8.24. The second-order valence-corrected chi connectivity index (χ2v) is 6.41. The maximum Gasteiger partial charge on any atom is 0.274 e. The van der Waals surface area contributed by atoms with Crippen LogP contribution < -0.4 is 10.1 Å². The maximum absolute atomic E-state index is 12.9. The number of amides is 1. The Labute approximate surface area is 164 Å². The molecule has 1 aliphatic rings. The normalized spacial score (nSPS) is 14.3. The molecule has 3 rings (SSSR count). The van der Waals surface area contributed by atoms with Crippen LogP contribution in [0.2, 0.25) is 0 Å². The summed E-state index contributed by atoms with van der Waals surface area (Å²) in [6, 6.07) is 5.73. The Morgan fingerprint density at radius 1 is 1.36 bits per heavy atom. The fraction of sp³-hybridized carbons (Fsp3) is 0.400. The Hall–Kier alpha value is -3.16. The lowest BCUT2D eigenvalue weighted by Gasteiger charge is -2.18. The fourth-order valence-corrected chi connectivity index (χ4v) is 3.48. The first-order valence-corrected chi connectivity index (χ1v) is 9.48. The first-order valence-electron chi connectivity index (χ1n) is 9.48. The Bertz CT molecular complexity index is 927. The summed E-state index contributed by atoms with van der Waals surface area (Å²) in [6.07, 6.45) is 2.30. The number of carbonyl (C=O) groups excluding carboxylic acids is 1. The van der Waals surface area contributed by atoms with Crippen molar-refractivity contribution >= 4 is 11.6 Å². The number of rotatable bonds is 6. The number of imidazole rings is 1. The monoisotopic (exact) mass is 382 g/mol. The molecule has 0 unspecified atom stereocenters. The van der Waals surface area contributed by atoms with Gasteiger partial charge in [0, 0.05) is 18.7 Å². The summed E-state index contributed by atoms with van der Waals surface area (Å²) in [5, 5.41) is 7.09. The Morgan fingerprint density at radius 3 is 2.71 bits per heavy atom. The summed E-state index contributed by atoms with van der Waals surface area (Å²) in [5.74, 6) is 0.630. The number of nitrogens with zero attached hydrogens (tertiary/aromatic N) is 4. The summed E-state index contributed by atoms with van der Waals surface area (Å²) in [7, 11) is 1.62. The highest BCUT2D eigenvalue weighted by Crippen LogP contribution is 2.33. The van der Waals surface area contributed by atoms with Gasteiger partial charge in [0.2, 0.25) is 0 Å². The standard InChI is InChI=1S/C20H26N6O2/c1-5-15(24-21)18-14-10-13(28-4)8-9-16(14)26-12-23-19(17(26)11-22-18)20(27)25(6-2)7-3/h8-10,12,21-22H,5-7,11H2,1-4H3/b18-15-,24-21?. The van der Waals surface area contributed by atoms with Crippen molar-refractivity contribution in [2.75, 3.05) is 20.2 Å². The van der Waals surface area contributed by atoms with E-state index in [0.29, 0.717) is 43.2 Å². The van der Waals surface area contributed by atoms with Crippen LogP contribution >= 0.6 is 0 Å². The molecule has 0 saturated heterocycles. The molecular formula is C20H26N6O2. The van der Waals surface area contributed by atoms with E-state index in [-0.39, 0.29) is 5.91 Å². The van der Waals surface area contributed by atoms with Gasteiger partial charge in [-0.15, -0.1) is 0 Å². The largest absolute Gasteiger partial charge is 0.497 e. The van der Waals surface area contributed by atoms with Crippen molar-refractivity contribution in [3.8, 4) is 11.4 Å².